The highest BCUT2D eigenvalue weighted by atomic mass is 16.5. The molecule has 1 fully saturated rings. The molecule has 8 heteroatoms. The fourth-order valence-corrected chi connectivity index (χ4v) is 3.92. The molecule has 0 saturated carbocycles. The topological polar surface area (TPSA) is 92.8 Å². The molecule has 0 aliphatic carbocycles. The maximum atomic E-state index is 13.0. The fourth-order valence-electron chi connectivity index (χ4n) is 3.92. The Morgan fingerprint density at radius 1 is 1.09 bits per heavy atom. The SMILES string of the molecule is COc1cc(-c2ccn3ncc(-c4ccc(C#N)cc4)c3n2)ccc1C(=O)N1CCOCC1. The largest absolute Gasteiger partial charge is 0.496 e. The first-order chi connectivity index (χ1) is 16.2. The number of rotatable bonds is 4. The summed E-state index contributed by atoms with van der Waals surface area (Å²) in [6.07, 6.45) is 3.61. The third-order valence-corrected chi connectivity index (χ3v) is 5.72. The van der Waals surface area contributed by atoms with Gasteiger partial charge in [-0.25, -0.2) is 9.50 Å². The van der Waals surface area contributed by atoms with E-state index < -0.39 is 0 Å². The molecule has 0 unspecified atom stereocenters. The first-order valence-electron chi connectivity index (χ1n) is 10.6. The van der Waals surface area contributed by atoms with Crippen LogP contribution in [0.3, 0.4) is 0 Å². The van der Waals surface area contributed by atoms with Crippen molar-refractivity contribution in [2.24, 2.45) is 0 Å². The van der Waals surface area contributed by atoms with Crippen molar-refractivity contribution in [1.29, 1.82) is 5.26 Å². The second kappa shape index (κ2) is 8.73. The van der Waals surface area contributed by atoms with Crippen LogP contribution in [0.15, 0.2) is 60.9 Å². The molecule has 164 valence electrons. The van der Waals surface area contributed by atoms with Crippen LogP contribution in [-0.2, 0) is 4.74 Å². The monoisotopic (exact) mass is 439 g/mol. The second-order valence-corrected chi connectivity index (χ2v) is 7.65. The molecule has 33 heavy (non-hydrogen) atoms. The van der Waals surface area contributed by atoms with E-state index >= 15 is 0 Å². The van der Waals surface area contributed by atoms with Gasteiger partial charge in [0.15, 0.2) is 5.65 Å². The van der Waals surface area contributed by atoms with E-state index in [1.54, 1.807) is 40.9 Å². The summed E-state index contributed by atoms with van der Waals surface area (Å²) in [5.74, 6) is 0.440. The van der Waals surface area contributed by atoms with Gasteiger partial charge in [0, 0.05) is 30.4 Å². The molecule has 1 amide bonds. The minimum atomic E-state index is -0.0657. The number of amides is 1. The fraction of sp³-hybridized carbons (Fsp3) is 0.200. The van der Waals surface area contributed by atoms with Crippen LogP contribution in [0.2, 0.25) is 0 Å². The Kier molecular flexibility index (Phi) is 5.47. The minimum Gasteiger partial charge on any atom is -0.496 e. The molecular formula is C25H21N5O3. The van der Waals surface area contributed by atoms with Crippen LogP contribution in [0, 0.1) is 11.3 Å². The average molecular weight is 439 g/mol. The molecule has 3 heterocycles. The molecule has 4 aromatic rings. The van der Waals surface area contributed by atoms with Crippen LogP contribution in [0.1, 0.15) is 15.9 Å². The summed E-state index contributed by atoms with van der Waals surface area (Å²) >= 11 is 0. The maximum Gasteiger partial charge on any atom is 0.257 e. The molecule has 0 bridgehead atoms. The number of carbonyl (C=O) groups excluding carboxylic acids is 1. The summed E-state index contributed by atoms with van der Waals surface area (Å²) in [6, 6.07) is 16.8. The van der Waals surface area contributed by atoms with Crippen molar-refractivity contribution in [3.8, 4) is 34.2 Å². The second-order valence-electron chi connectivity index (χ2n) is 7.65. The van der Waals surface area contributed by atoms with E-state index in [4.69, 9.17) is 19.7 Å². The highest BCUT2D eigenvalue weighted by Crippen LogP contribution is 2.30. The van der Waals surface area contributed by atoms with Crippen LogP contribution < -0.4 is 4.74 Å². The minimum absolute atomic E-state index is 0.0657. The lowest BCUT2D eigenvalue weighted by atomic mass is 10.1. The number of aromatic nitrogens is 3. The highest BCUT2D eigenvalue weighted by Gasteiger charge is 2.22. The van der Waals surface area contributed by atoms with E-state index in [1.807, 2.05) is 36.5 Å². The molecule has 1 aliphatic rings. The lowest BCUT2D eigenvalue weighted by Gasteiger charge is -2.27. The Labute approximate surface area is 190 Å². The lowest BCUT2D eigenvalue weighted by molar-refractivity contribution is 0.0301. The number of benzene rings is 2. The molecule has 0 N–H and O–H groups in total. The van der Waals surface area contributed by atoms with Crippen molar-refractivity contribution in [2.75, 3.05) is 33.4 Å². The van der Waals surface area contributed by atoms with Gasteiger partial charge in [0.2, 0.25) is 0 Å². The summed E-state index contributed by atoms with van der Waals surface area (Å²) in [5.41, 5.74) is 5.19. The summed E-state index contributed by atoms with van der Waals surface area (Å²) < 4.78 is 12.6. The van der Waals surface area contributed by atoms with Gasteiger partial charge >= 0.3 is 0 Å². The number of fused-ring (bicyclic) bond motifs is 1. The molecule has 0 atom stereocenters. The molecule has 2 aromatic heterocycles. The summed E-state index contributed by atoms with van der Waals surface area (Å²) in [4.78, 5) is 19.6. The lowest BCUT2D eigenvalue weighted by Crippen LogP contribution is -2.40. The van der Waals surface area contributed by atoms with Crippen LogP contribution in [0.5, 0.6) is 5.75 Å². The van der Waals surface area contributed by atoms with Gasteiger partial charge in [-0.1, -0.05) is 18.2 Å². The van der Waals surface area contributed by atoms with Gasteiger partial charge in [-0.05, 0) is 35.9 Å². The predicted molar refractivity (Wildman–Crippen MR) is 122 cm³/mol. The number of nitrogens with zero attached hydrogens (tertiary/aromatic N) is 5. The van der Waals surface area contributed by atoms with Crippen LogP contribution >= 0.6 is 0 Å². The van der Waals surface area contributed by atoms with Crippen molar-refractivity contribution >= 4 is 11.6 Å². The van der Waals surface area contributed by atoms with E-state index in [9.17, 15) is 4.79 Å². The van der Waals surface area contributed by atoms with E-state index in [2.05, 4.69) is 11.2 Å². The number of morpholine rings is 1. The van der Waals surface area contributed by atoms with Gasteiger partial charge < -0.3 is 14.4 Å². The van der Waals surface area contributed by atoms with E-state index in [1.165, 1.54) is 0 Å². The van der Waals surface area contributed by atoms with Crippen LogP contribution in [-0.4, -0.2) is 58.8 Å². The average Bonchev–Trinajstić information content (AvgIpc) is 3.31. The first kappa shape index (κ1) is 20.7. The van der Waals surface area contributed by atoms with Gasteiger partial charge in [0.25, 0.3) is 5.91 Å². The standard InChI is InChI=1S/C25H21N5O3/c1-32-23-14-19(6-7-20(23)25(31)29-10-12-33-13-11-29)22-8-9-30-24(28-22)21(16-27-30)18-4-2-17(15-26)3-5-18/h2-9,14,16H,10-13H2,1H3. The van der Waals surface area contributed by atoms with Gasteiger partial charge in [0.1, 0.15) is 5.75 Å². The number of ether oxygens (including phenoxy) is 2. The molecular weight excluding hydrogens is 418 g/mol. The molecule has 0 spiro atoms. The zero-order valence-electron chi connectivity index (χ0n) is 18.1. The molecule has 8 nitrogen and oxygen atoms in total. The maximum absolute atomic E-state index is 13.0. The van der Waals surface area contributed by atoms with Crippen molar-refractivity contribution in [3.63, 3.8) is 0 Å². The Morgan fingerprint density at radius 3 is 2.58 bits per heavy atom. The van der Waals surface area contributed by atoms with Gasteiger partial charge in [-0.3, -0.25) is 4.79 Å². The first-order valence-corrected chi connectivity index (χ1v) is 10.6. The zero-order chi connectivity index (χ0) is 22.8. The Hall–Kier alpha value is -4.22. The molecule has 0 radical (unpaired) electrons. The quantitative estimate of drug-likeness (QED) is 0.484. The molecule has 1 saturated heterocycles. The Bertz CT molecular complexity index is 1370. The number of methoxy groups -OCH3 is 1. The summed E-state index contributed by atoms with van der Waals surface area (Å²) in [7, 11) is 1.56. The van der Waals surface area contributed by atoms with E-state index in [-0.39, 0.29) is 5.91 Å². The third-order valence-electron chi connectivity index (χ3n) is 5.72. The number of carbonyl (C=O) groups is 1. The van der Waals surface area contributed by atoms with Gasteiger partial charge in [0.05, 0.1) is 49.4 Å². The van der Waals surface area contributed by atoms with Gasteiger partial charge in [-0.15, -0.1) is 0 Å². The smallest absolute Gasteiger partial charge is 0.257 e. The van der Waals surface area contributed by atoms with Crippen molar-refractivity contribution in [3.05, 3.63) is 72.1 Å². The summed E-state index contributed by atoms with van der Waals surface area (Å²) in [6.45, 7) is 2.23. The number of hydrogen-bond donors (Lipinski definition) is 0. The summed E-state index contributed by atoms with van der Waals surface area (Å²) in [5, 5.41) is 13.4. The van der Waals surface area contributed by atoms with Crippen molar-refractivity contribution < 1.29 is 14.3 Å². The highest BCUT2D eigenvalue weighted by molar-refractivity contribution is 5.97. The normalized spacial score (nSPS) is 13.6. The van der Waals surface area contributed by atoms with Crippen LogP contribution in [0.4, 0.5) is 0 Å². The Balaban J connectivity index is 1.51. The van der Waals surface area contributed by atoms with E-state index in [0.29, 0.717) is 48.8 Å². The number of nitriles is 1. The molecule has 1 aliphatic heterocycles. The number of hydrogen-bond acceptors (Lipinski definition) is 6. The van der Waals surface area contributed by atoms with Crippen molar-refractivity contribution in [2.45, 2.75) is 0 Å². The van der Waals surface area contributed by atoms with Crippen LogP contribution in [0.25, 0.3) is 28.0 Å². The third kappa shape index (κ3) is 3.90. The van der Waals surface area contributed by atoms with E-state index in [0.717, 1.165) is 22.4 Å². The van der Waals surface area contributed by atoms with Crippen molar-refractivity contribution in [1.82, 2.24) is 19.5 Å². The molecule has 2 aromatic carbocycles. The molecule has 5 rings (SSSR count). The predicted octanol–water partition coefficient (Wildman–Crippen LogP) is 3.42. The van der Waals surface area contributed by atoms with Gasteiger partial charge in [-0.2, -0.15) is 10.4 Å². The zero-order valence-corrected chi connectivity index (χ0v) is 18.1. The Morgan fingerprint density at radius 2 is 1.85 bits per heavy atom.